The first kappa shape index (κ1) is 15.0. The second-order valence-electron chi connectivity index (χ2n) is 4.05. The maximum Gasteiger partial charge on any atom is 0.307 e. The fraction of sp³-hybridized carbons (Fsp3) is 0.429. The number of methoxy groups -OCH3 is 1. The molecule has 0 aliphatic carbocycles. The quantitative estimate of drug-likeness (QED) is 0.737. The lowest BCUT2D eigenvalue weighted by Gasteiger charge is -2.11. The summed E-state index contributed by atoms with van der Waals surface area (Å²) in [4.78, 5) is 22.9. The number of carbonyl (C=O) groups is 2. The van der Waals surface area contributed by atoms with Crippen LogP contribution in [0, 0.1) is 0 Å². The number of ether oxygens (including phenoxy) is 1. The highest BCUT2D eigenvalue weighted by molar-refractivity contribution is 5.99. The van der Waals surface area contributed by atoms with Gasteiger partial charge in [0.25, 0.3) is 5.91 Å². The number of rotatable bonds is 7. The maximum absolute atomic E-state index is 12.0. The van der Waals surface area contributed by atoms with Crippen molar-refractivity contribution in [1.82, 2.24) is 5.32 Å². The van der Waals surface area contributed by atoms with E-state index >= 15 is 0 Å². The van der Waals surface area contributed by atoms with Crippen molar-refractivity contribution in [2.45, 2.75) is 19.8 Å². The summed E-state index contributed by atoms with van der Waals surface area (Å²) in [6, 6.07) is 7.31. The Labute approximate surface area is 113 Å². The van der Waals surface area contributed by atoms with E-state index < -0.39 is 0 Å². The van der Waals surface area contributed by atoms with E-state index in [9.17, 15) is 9.59 Å². The molecule has 0 aliphatic heterocycles. The molecule has 0 fully saturated rings. The molecule has 0 aromatic heterocycles. The molecule has 0 saturated carbocycles. The second-order valence-corrected chi connectivity index (χ2v) is 4.05. The van der Waals surface area contributed by atoms with Crippen molar-refractivity contribution in [3.8, 4) is 0 Å². The van der Waals surface area contributed by atoms with Crippen LogP contribution >= 0.6 is 0 Å². The molecule has 19 heavy (non-hydrogen) atoms. The van der Waals surface area contributed by atoms with Crippen LogP contribution < -0.4 is 10.6 Å². The van der Waals surface area contributed by atoms with E-state index in [4.69, 9.17) is 0 Å². The minimum absolute atomic E-state index is 0.173. The Morgan fingerprint density at radius 3 is 2.63 bits per heavy atom. The van der Waals surface area contributed by atoms with Crippen LogP contribution in [0.2, 0.25) is 0 Å². The van der Waals surface area contributed by atoms with Crippen molar-refractivity contribution in [3.63, 3.8) is 0 Å². The third-order valence-electron chi connectivity index (χ3n) is 2.58. The van der Waals surface area contributed by atoms with Crippen LogP contribution in [0.3, 0.4) is 0 Å². The van der Waals surface area contributed by atoms with Gasteiger partial charge >= 0.3 is 5.97 Å². The lowest BCUT2D eigenvalue weighted by molar-refractivity contribution is -0.140. The number of nitrogens with one attached hydrogen (secondary N) is 2. The summed E-state index contributed by atoms with van der Waals surface area (Å²) in [5, 5.41) is 5.90. The van der Waals surface area contributed by atoms with E-state index in [2.05, 4.69) is 22.3 Å². The van der Waals surface area contributed by atoms with Gasteiger partial charge in [-0.25, -0.2) is 0 Å². The summed E-state index contributed by atoms with van der Waals surface area (Å²) in [5.41, 5.74) is 1.39. The van der Waals surface area contributed by atoms with Crippen molar-refractivity contribution in [2.24, 2.45) is 0 Å². The van der Waals surface area contributed by atoms with E-state index in [1.807, 2.05) is 18.2 Å². The third-order valence-corrected chi connectivity index (χ3v) is 2.58. The zero-order chi connectivity index (χ0) is 14.1. The molecule has 0 spiro atoms. The van der Waals surface area contributed by atoms with Crippen LogP contribution in [0.5, 0.6) is 0 Å². The summed E-state index contributed by atoms with van der Waals surface area (Å²) in [6.45, 7) is 3.14. The van der Waals surface area contributed by atoms with Crippen molar-refractivity contribution in [3.05, 3.63) is 29.8 Å². The van der Waals surface area contributed by atoms with E-state index in [0.29, 0.717) is 5.56 Å². The number of carbonyl (C=O) groups excluding carboxylic acids is 2. The summed E-state index contributed by atoms with van der Waals surface area (Å²) in [6.07, 6.45) is 1.16. The topological polar surface area (TPSA) is 67.4 Å². The molecule has 0 heterocycles. The lowest BCUT2D eigenvalue weighted by Crippen LogP contribution is -2.27. The Hall–Kier alpha value is -2.04. The van der Waals surface area contributed by atoms with Crippen LogP contribution in [0.15, 0.2) is 24.3 Å². The van der Waals surface area contributed by atoms with E-state index in [0.717, 1.165) is 18.7 Å². The summed E-state index contributed by atoms with van der Waals surface area (Å²) < 4.78 is 4.51. The molecular formula is C14H20N2O3. The average Bonchev–Trinajstić information content (AvgIpc) is 2.45. The van der Waals surface area contributed by atoms with Gasteiger partial charge in [-0.2, -0.15) is 0 Å². The zero-order valence-electron chi connectivity index (χ0n) is 11.4. The first-order valence-corrected chi connectivity index (χ1v) is 6.37. The largest absolute Gasteiger partial charge is 0.469 e. The number of amides is 1. The third kappa shape index (κ3) is 4.99. The molecule has 0 bridgehead atoms. The highest BCUT2D eigenvalue weighted by Gasteiger charge is 2.10. The van der Waals surface area contributed by atoms with E-state index in [1.165, 1.54) is 7.11 Å². The Balaban J connectivity index is 2.58. The smallest absolute Gasteiger partial charge is 0.307 e. The molecule has 0 unspecified atom stereocenters. The van der Waals surface area contributed by atoms with Crippen LogP contribution in [-0.4, -0.2) is 32.1 Å². The minimum Gasteiger partial charge on any atom is -0.469 e. The molecule has 5 nitrogen and oxygen atoms in total. The predicted octanol–water partition coefficient (Wildman–Crippen LogP) is 1.80. The number of para-hydroxylation sites is 1. The van der Waals surface area contributed by atoms with Gasteiger partial charge in [0.05, 0.1) is 19.1 Å². The summed E-state index contributed by atoms with van der Waals surface area (Å²) >= 11 is 0. The number of esters is 1. The molecule has 1 aromatic carbocycles. The molecule has 1 amide bonds. The zero-order valence-corrected chi connectivity index (χ0v) is 11.4. The van der Waals surface area contributed by atoms with E-state index in [-0.39, 0.29) is 24.8 Å². The fourth-order valence-corrected chi connectivity index (χ4v) is 1.57. The highest BCUT2D eigenvalue weighted by Crippen LogP contribution is 2.14. The fourth-order valence-electron chi connectivity index (χ4n) is 1.57. The maximum atomic E-state index is 12.0. The van der Waals surface area contributed by atoms with Gasteiger partial charge in [-0.1, -0.05) is 19.1 Å². The van der Waals surface area contributed by atoms with Crippen molar-refractivity contribution >= 4 is 17.6 Å². The molecule has 0 saturated heterocycles. The summed E-state index contributed by atoms with van der Waals surface area (Å²) in [7, 11) is 1.33. The Bertz CT molecular complexity index is 432. The lowest BCUT2D eigenvalue weighted by atomic mass is 10.1. The second kappa shape index (κ2) is 8.13. The van der Waals surface area contributed by atoms with Gasteiger partial charge in [0.1, 0.15) is 0 Å². The van der Waals surface area contributed by atoms with Crippen LogP contribution in [0.4, 0.5) is 5.69 Å². The van der Waals surface area contributed by atoms with Crippen LogP contribution in [0.1, 0.15) is 30.1 Å². The number of hydrogen-bond donors (Lipinski definition) is 2. The molecule has 104 valence electrons. The molecular weight excluding hydrogens is 244 g/mol. The monoisotopic (exact) mass is 264 g/mol. The highest BCUT2D eigenvalue weighted by atomic mass is 16.5. The average molecular weight is 264 g/mol. The van der Waals surface area contributed by atoms with Crippen molar-refractivity contribution < 1.29 is 14.3 Å². The Morgan fingerprint density at radius 1 is 1.21 bits per heavy atom. The molecule has 0 aliphatic rings. The standard InChI is InChI=1S/C14H20N2O3/c1-3-9-15-12-7-5-4-6-11(12)14(18)16-10-8-13(17)19-2/h4-7,15H,3,8-10H2,1-2H3,(H,16,18). The first-order chi connectivity index (χ1) is 9.19. The van der Waals surface area contributed by atoms with Gasteiger partial charge < -0.3 is 15.4 Å². The number of anilines is 1. The Morgan fingerprint density at radius 2 is 1.95 bits per heavy atom. The first-order valence-electron chi connectivity index (χ1n) is 6.37. The Kier molecular flexibility index (Phi) is 6.43. The number of benzene rings is 1. The van der Waals surface area contributed by atoms with E-state index in [1.54, 1.807) is 6.07 Å². The SMILES string of the molecule is CCCNc1ccccc1C(=O)NCCC(=O)OC. The van der Waals surface area contributed by atoms with Crippen molar-refractivity contribution in [2.75, 3.05) is 25.5 Å². The molecule has 5 heteroatoms. The van der Waals surface area contributed by atoms with Crippen molar-refractivity contribution in [1.29, 1.82) is 0 Å². The predicted molar refractivity (Wildman–Crippen MR) is 74.2 cm³/mol. The minimum atomic E-state index is -0.335. The summed E-state index contributed by atoms with van der Waals surface area (Å²) in [5.74, 6) is -0.527. The van der Waals surface area contributed by atoms with Gasteiger partial charge in [0.15, 0.2) is 0 Å². The van der Waals surface area contributed by atoms with Gasteiger partial charge in [-0.3, -0.25) is 9.59 Å². The molecule has 0 atom stereocenters. The molecule has 1 aromatic rings. The van der Waals surface area contributed by atoms with Gasteiger partial charge in [0, 0.05) is 18.8 Å². The van der Waals surface area contributed by atoms with Crippen LogP contribution in [0.25, 0.3) is 0 Å². The molecule has 1 rings (SSSR count). The molecule has 2 N–H and O–H groups in total. The number of hydrogen-bond acceptors (Lipinski definition) is 4. The van der Waals surface area contributed by atoms with Gasteiger partial charge in [-0.05, 0) is 18.6 Å². The van der Waals surface area contributed by atoms with Crippen LogP contribution in [-0.2, 0) is 9.53 Å². The van der Waals surface area contributed by atoms with Gasteiger partial charge in [0.2, 0.25) is 0 Å². The normalized spacial score (nSPS) is 9.79. The molecule has 0 radical (unpaired) electrons. The van der Waals surface area contributed by atoms with Gasteiger partial charge in [-0.15, -0.1) is 0 Å².